The van der Waals surface area contributed by atoms with E-state index in [1.165, 1.54) is 6.07 Å². The van der Waals surface area contributed by atoms with Gasteiger partial charge in [-0.05, 0) is 18.1 Å². The van der Waals surface area contributed by atoms with Crippen molar-refractivity contribution in [1.29, 1.82) is 0 Å². The van der Waals surface area contributed by atoms with Gasteiger partial charge in [-0.2, -0.15) is 0 Å². The molecule has 1 aromatic carbocycles. The molecule has 0 radical (unpaired) electrons. The van der Waals surface area contributed by atoms with Crippen molar-refractivity contribution in [2.75, 3.05) is 5.73 Å². The van der Waals surface area contributed by atoms with E-state index in [1.807, 2.05) is 13.8 Å². The summed E-state index contributed by atoms with van der Waals surface area (Å²) in [5.74, 6) is 0.247. The molecule has 1 aromatic rings. The number of rotatable bonds is 3. The number of nitrogen functional groups attached to an aromatic ring is 1. The number of phenols is 1. The monoisotopic (exact) mass is 193 g/mol. The Labute approximate surface area is 83.6 Å². The van der Waals surface area contributed by atoms with Crippen molar-refractivity contribution >= 4 is 11.5 Å². The summed E-state index contributed by atoms with van der Waals surface area (Å²) < 4.78 is 0. The number of hydrogen-bond acceptors (Lipinski definition) is 3. The third-order valence-electron chi connectivity index (χ3n) is 1.98. The SMILES string of the molecule is CC(C)CC(=O)c1cccc(O)c1N. The zero-order valence-corrected chi connectivity index (χ0v) is 8.45. The summed E-state index contributed by atoms with van der Waals surface area (Å²) in [4.78, 5) is 11.6. The number of anilines is 1. The van der Waals surface area contributed by atoms with E-state index in [9.17, 15) is 9.90 Å². The molecule has 0 unspecified atom stereocenters. The third kappa shape index (κ3) is 2.25. The van der Waals surface area contributed by atoms with E-state index in [0.29, 0.717) is 17.9 Å². The molecule has 0 aliphatic heterocycles. The van der Waals surface area contributed by atoms with Gasteiger partial charge in [0, 0.05) is 12.0 Å². The molecule has 0 aliphatic carbocycles. The minimum atomic E-state index is -0.0281. The molecule has 0 aromatic heterocycles. The molecule has 0 aliphatic rings. The molecule has 0 spiro atoms. The highest BCUT2D eigenvalue weighted by atomic mass is 16.3. The Bertz CT molecular complexity index is 345. The predicted octanol–water partition coefficient (Wildman–Crippen LogP) is 2.20. The first kappa shape index (κ1) is 10.6. The smallest absolute Gasteiger partial charge is 0.165 e. The second kappa shape index (κ2) is 4.13. The van der Waals surface area contributed by atoms with Gasteiger partial charge >= 0.3 is 0 Å². The minimum Gasteiger partial charge on any atom is -0.506 e. The quantitative estimate of drug-likeness (QED) is 0.439. The number of benzene rings is 1. The van der Waals surface area contributed by atoms with Gasteiger partial charge in [-0.25, -0.2) is 0 Å². The van der Waals surface area contributed by atoms with Crippen molar-refractivity contribution in [2.24, 2.45) is 5.92 Å². The van der Waals surface area contributed by atoms with Gasteiger partial charge in [-0.1, -0.05) is 19.9 Å². The number of nitrogens with two attached hydrogens (primary N) is 1. The van der Waals surface area contributed by atoms with Crippen molar-refractivity contribution in [3.05, 3.63) is 23.8 Å². The van der Waals surface area contributed by atoms with Gasteiger partial charge in [0.05, 0.1) is 5.69 Å². The van der Waals surface area contributed by atoms with E-state index >= 15 is 0 Å². The zero-order valence-electron chi connectivity index (χ0n) is 8.45. The lowest BCUT2D eigenvalue weighted by atomic mass is 10.00. The lowest BCUT2D eigenvalue weighted by Gasteiger charge is -2.07. The summed E-state index contributed by atoms with van der Waals surface area (Å²) >= 11 is 0. The highest BCUT2D eigenvalue weighted by Crippen LogP contribution is 2.25. The normalized spacial score (nSPS) is 10.5. The maximum absolute atomic E-state index is 11.6. The van der Waals surface area contributed by atoms with Crippen LogP contribution < -0.4 is 5.73 Å². The lowest BCUT2D eigenvalue weighted by Crippen LogP contribution is -2.06. The van der Waals surface area contributed by atoms with Crippen molar-refractivity contribution in [3.63, 3.8) is 0 Å². The summed E-state index contributed by atoms with van der Waals surface area (Å²) in [6, 6.07) is 4.74. The Balaban J connectivity index is 2.96. The van der Waals surface area contributed by atoms with E-state index in [-0.39, 0.29) is 17.2 Å². The van der Waals surface area contributed by atoms with Gasteiger partial charge in [0.1, 0.15) is 5.75 Å². The van der Waals surface area contributed by atoms with E-state index < -0.39 is 0 Å². The van der Waals surface area contributed by atoms with Crippen LogP contribution in [0.2, 0.25) is 0 Å². The Kier molecular flexibility index (Phi) is 3.12. The Morgan fingerprint density at radius 1 is 1.50 bits per heavy atom. The second-order valence-electron chi connectivity index (χ2n) is 3.76. The molecule has 0 heterocycles. The zero-order chi connectivity index (χ0) is 10.7. The van der Waals surface area contributed by atoms with Crippen LogP contribution in [0.25, 0.3) is 0 Å². The molecule has 0 saturated heterocycles. The Morgan fingerprint density at radius 3 is 2.71 bits per heavy atom. The molecule has 0 fully saturated rings. The van der Waals surface area contributed by atoms with Crippen LogP contribution in [0, 0.1) is 5.92 Å². The Morgan fingerprint density at radius 2 is 2.14 bits per heavy atom. The van der Waals surface area contributed by atoms with Crippen molar-refractivity contribution < 1.29 is 9.90 Å². The molecule has 1 rings (SSSR count). The molecule has 3 N–H and O–H groups in total. The number of phenolic OH excluding ortho intramolecular Hbond substituents is 1. The summed E-state index contributed by atoms with van der Waals surface area (Å²) in [6.45, 7) is 3.94. The first-order valence-electron chi connectivity index (χ1n) is 4.63. The third-order valence-corrected chi connectivity index (χ3v) is 1.98. The van der Waals surface area contributed by atoms with Gasteiger partial charge in [0.2, 0.25) is 0 Å². The van der Waals surface area contributed by atoms with Crippen LogP contribution >= 0.6 is 0 Å². The average molecular weight is 193 g/mol. The molecule has 76 valence electrons. The molecule has 0 amide bonds. The van der Waals surface area contributed by atoms with Crippen molar-refractivity contribution in [3.8, 4) is 5.75 Å². The van der Waals surface area contributed by atoms with Crippen molar-refractivity contribution in [2.45, 2.75) is 20.3 Å². The molecular formula is C11H15NO2. The van der Waals surface area contributed by atoms with Gasteiger partial charge in [0.15, 0.2) is 5.78 Å². The van der Waals surface area contributed by atoms with E-state index in [0.717, 1.165) is 0 Å². The predicted molar refractivity (Wildman–Crippen MR) is 56.3 cm³/mol. The van der Waals surface area contributed by atoms with Crippen molar-refractivity contribution in [1.82, 2.24) is 0 Å². The molecule has 0 bridgehead atoms. The van der Waals surface area contributed by atoms with E-state index in [1.54, 1.807) is 12.1 Å². The highest BCUT2D eigenvalue weighted by molar-refractivity contribution is 6.01. The first-order chi connectivity index (χ1) is 6.52. The molecule has 3 nitrogen and oxygen atoms in total. The van der Waals surface area contributed by atoms with Gasteiger partial charge in [-0.3, -0.25) is 4.79 Å². The number of carbonyl (C=O) groups is 1. The summed E-state index contributed by atoms with van der Waals surface area (Å²) in [7, 11) is 0. The first-order valence-corrected chi connectivity index (χ1v) is 4.63. The van der Waals surface area contributed by atoms with Crippen LogP contribution in [0.1, 0.15) is 30.6 Å². The average Bonchev–Trinajstić information content (AvgIpc) is 2.08. The van der Waals surface area contributed by atoms with Crippen LogP contribution in [0.5, 0.6) is 5.75 Å². The highest BCUT2D eigenvalue weighted by Gasteiger charge is 2.13. The van der Waals surface area contributed by atoms with Crippen LogP contribution in [0.15, 0.2) is 18.2 Å². The van der Waals surface area contributed by atoms with Crippen LogP contribution in [0.3, 0.4) is 0 Å². The van der Waals surface area contributed by atoms with Crippen LogP contribution in [-0.2, 0) is 0 Å². The number of para-hydroxylation sites is 1. The van der Waals surface area contributed by atoms with Gasteiger partial charge < -0.3 is 10.8 Å². The lowest BCUT2D eigenvalue weighted by molar-refractivity contribution is 0.0968. The fraction of sp³-hybridized carbons (Fsp3) is 0.364. The van der Waals surface area contributed by atoms with E-state index in [4.69, 9.17) is 5.73 Å². The Hall–Kier alpha value is -1.51. The topological polar surface area (TPSA) is 63.3 Å². The standard InChI is InChI=1S/C11H15NO2/c1-7(2)6-10(14)8-4-3-5-9(13)11(8)12/h3-5,7,13H,6,12H2,1-2H3. The largest absolute Gasteiger partial charge is 0.506 e. The second-order valence-corrected chi connectivity index (χ2v) is 3.76. The molecule has 0 saturated carbocycles. The molecule has 3 heteroatoms. The van der Waals surface area contributed by atoms with E-state index in [2.05, 4.69) is 0 Å². The fourth-order valence-corrected chi connectivity index (χ4v) is 1.28. The van der Waals surface area contributed by atoms with Gasteiger partial charge in [0.25, 0.3) is 0 Å². The minimum absolute atomic E-state index is 0.0200. The number of Topliss-reactive ketones (excluding diaryl/α,β-unsaturated/α-hetero) is 1. The molecule has 0 atom stereocenters. The number of ketones is 1. The maximum Gasteiger partial charge on any atom is 0.165 e. The summed E-state index contributed by atoms with van der Waals surface area (Å²) in [6.07, 6.45) is 0.452. The van der Waals surface area contributed by atoms with Gasteiger partial charge in [-0.15, -0.1) is 0 Å². The summed E-state index contributed by atoms with van der Waals surface area (Å²) in [5.41, 5.74) is 6.18. The number of carbonyl (C=O) groups excluding carboxylic acids is 1. The maximum atomic E-state index is 11.6. The molecule has 14 heavy (non-hydrogen) atoms. The molecular weight excluding hydrogens is 178 g/mol. The summed E-state index contributed by atoms with van der Waals surface area (Å²) in [5, 5.41) is 9.31. The van der Waals surface area contributed by atoms with Crippen LogP contribution in [0.4, 0.5) is 5.69 Å². The number of aromatic hydroxyl groups is 1. The van der Waals surface area contributed by atoms with Crippen LogP contribution in [-0.4, -0.2) is 10.9 Å². The fourth-order valence-electron chi connectivity index (χ4n) is 1.28. The number of hydrogen-bond donors (Lipinski definition) is 2.